The number of hydrogen-bond donors (Lipinski definition) is 1. The van der Waals surface area contributed by atoms with Crippen LogP contribution in [0.25, 0.3) is 0 Å². The Bertz CT molecular complexity index is 548. The smallest absolute Gasteiger partial charge is 0.133 e. The third kappa shape index (κ3) is 4.64. The summed E-state index contributed by atoms with van der Waals surface area (Å²) in [6.07, 6.45) is 0. The second-order valence-electron chi connectivity index (χ2n) is 3.84. The molecule has 0 aliphatic heterocycles. The highest BCUT2D eigenvalue weighted by molar-refractivity contribution is 9.10. The van der Waals surface area contributed by atoms with E-state index in [4.69, 9.17) is 22.1 Å². The van der Waals surface area contributed by atoms with Crippen molar-refractivity contribution in [3.05, 3.63) is 52.0 Å². The second-order valence-corrected chi connectivity index (χ2v) is 6.30. The molecule has 19 heavy (non-hydrogen) atoms. The first-order chi connectivity index (χ1) is 9.15. The van der Waals surface area contributed by atoms with Crippen LogP contribution in [-0.4, -0.2) is 12.4 Å². The molecule has 0 radical (unpaired) electrons. The molecule has 2 aromatic carbocycles. The summed E-state index contributed by atoms with van der Waals surface area (Å²) in [6, 6.07) is 13.3. The van der Waals surface area contributed by atoms with Gasteiger partial charge < -0.3 is 10.5 Å². The van der Waals surface area contributed by atoms with Gasteiger partial charge in [-0.3, -0.25) is 0 Å². The van der Waals surface area contributed by atoms with Crippen molar-refractivity contribution in [2.75, 3.05) is 18.1 Å². The second kappa shape index (κ2) is 7.08. The molecule has 0 atom stereocenters. The van der Waals surface area contributed by atoms with Gasteiger partial charge in [0.05, 0.1) is 11.1 Å². The van der Waals surface area contributed by atoms with Gasteiger partial charge in [-0.05, 0) is 58.4 Å². The Morgan fingerprint density at radius 2 is 1.89 bits per heavy atom. The highest BCUT2D eigenvalue weighted by Crippen LogP contribution is 2.28. The normalized spacial score (nSPS) is 10.4. The average Bonchev–Trinajstić information content (AvgIpc) is 2.39. The minimum absolute atomic E-state index is 0.634. The third-order valence-corrected chi connectivity index (χ3v) is 4.21. The van der Waals surface area contributed by atoms with Crippen LogP contribution < -0.4 is 10.5 Å². The van der Waals surface area contributed by atoms with Gasteiger partial charge in [0.2, 0.25) is 0 Å². The fraction of sp³-hybridized carbons (Fsp3) is 0.143. The van der Waals surface area contributed by atoms with Gasteiger partial charge in [-0.25, -0.2) is 0 Å². The SMILES string of the molecule is Nc1ccc(SCCOc2ccc(Cl)cc2Br)cc1. The first kappa shape index (κ1) is 14.6. The molecule has 0 saturated heterocycles. The molecule has 2 aromatic rings. The maximum atomic E-state index is 5.87. The zero-order chi connectivity index (χ0) is 13.7. The quantitative estimate of drug-likeness (QED) is 0.471. The number of benzene rings is 2. The molecule has 0 unspecified atom stereocenters. The van der Waals surface area contributed by atoms with Crippen LogP contribution in [0.15, 0.2) is 51.8 Å². The van der Waals surface area contributed by atoms with Crippen LogP contribution in [-0.2, 0) is 0 Å². The largest absolute Gasteiger partial charge is 0.492 e. The molecule has 2 rings (SSSR count). The summed E-state index contributed by atoms with van der Waals surface area (Å²) in [7, 11) is 0. The number of ether oxygens (including phenoxy) is 1. The van der Waals surface area contributed by atoms with E-state index >= 15 is 0 Å². The Morgan fingerprint density at radius 3 is 2.58 bits per heavy atom. The number of halogens is 2. The van der Waals surface area contributed by atoms with Gasteiger partial charge in [0.15, 0.2) is 0 Å². The van der Waals surface area contributed by atoms with E-state index < -0.39 is 0 Å². The van der Waals surface area contributed by atoms with Gasteiger partial charge in [0, 0.05) is 21.4 Å². The summed E-state index contributed by atoms with van der Waals surface area (Å²) < 4.78 is 6.56. The molecule has 0 aliphatic carbocycles. The molecule has 0 bridgehead atoms. The lowest BCUT2D eigenvalue weighted by Gasteiger charge is -2.08. The van der Waals surface area contributed by atoms with Crippen LogP contribution in [0, 0.1) is 0 Å². The van der Waals surface area contributed by atoms with Crippen LogP contribution in [0.5, 0.6) is 5.75 Å². The van der Waals surface area contributed by atoms with Crippen LogP contribution >= 0.6 is 39.3 Å². The molecule has 2 N–H and O–H groups in total. The van der Waals surface area contributed by atoms with Crippen LogP contribution in [0.3, 0.4) is 0 Å². The highest BCUT2D eigenvalue weighted by Gasteiger charge is 2.02. The molecule has 2 nitrogen and oxygen atoms in total. The minimum Gasteiger partial charge on any atom is -0.492 e. The molecule has 0 aliphatic rings. The van der Waals surface area contributed by atoms with E-state index in [2.05, 4.69) is 15.9 Å². The van der Waals surface area contributed by atoms with Crippen molar-refractivity contribution in [3.63, 3.8) is 0 Å². The lowest BCUT2D eigenvalue weighted by Crippen LogP contribution is -2.00. The van der Waals surface area contributed by atoms with E-state index in [0.717, 1.165) is 21.7 Å². The summed E-state index contributed by atoms with van der Waals surface area (Å²) in [5, 5.41) is 0.690. The summed E-state index contributed by atoms with van der Waals surface area (Å²) >= 11 is 11.0. The fourth-order valence-electron chi connectivity index (χ4n) is 1.47. The third-order valence-electron chi connectivity index (χ3n) is 2.38. The predicted octanol–water partition coefficient (Wildman–Crippen LogP) is 4.86. The van der Waals surface area contributed by atoms with Crippen molar-refractivity contribution in [2.24, 2.45) is 0 Å². The molecule has 0 aromatic heterocycles. The molecule has 0 spiro atoms. The average molecular weight is 359 g/mol. The van der Waals surface area contributed by atoms with Gasteiger partial charge in [-0.1, -0.05) is 11.6 Å². The first-order valence-corrected chi connectivity index (χ1v) is 7.87. The molecule has 0 heterocycles. The minimum atomic E-state index is 0.634. The number of thioether (sulfide) groups is 1. The van der Waals surface area contributed by atoms with Crippen molar-refractivity contribution in [1.29, 1.82) is 0 Å². The standard InChI is InChI=1S/C14H13BrClNOS/c15-13-9-10(16)1-6-14(13)18-7-8-19-12-4-2-11(17)3-5-12/h1-6,9H,7-8,17H2. The summed E-state index contributed by atoms with van der Waals surface area (Å²) in [5.74, 6) is 1.68. The summed E-state index contributed by atoms with van der Waals surface area (Å²) in [6.45, 7) is 0.634. The van der Waals surface area contributed by atoms with Crippen molar-refractivity contribution in [2.45, 2.75) is 4.90 Å². The lowest BCUT2D eigenvalue weighted by molar-refractivity contribution is 0.342. The number of anilines is 1. The van der Waals surface area contributed by atoms with Crippen LogP contribution in [0.4, 0.5) is 5.69 Å². The van der Waals surface area contributed by atoms with Gasteiger partial charge in [-0.2, -0.15) is 0 Å². The molecular formula is C14H13BrClNOS. The van der Waals surface area contributed by atoms with Crippen LogP contribution in [0.2, 0.25) is 5.02 Å². The topological polar surface area (TPSA) is 35.2 Å². The fourth-order valence-corrected chi connectivity index (χ4v) is 3.00. The number of nitrogen functional groups attached to an aromatic ring is 1. The molecule has 5 heteroatoms. The molecule has 0 fully saturated rings. The van der Waals surface area contributed by atoms with Crippen LogP contribution in [0.1, 0.15) is 0 Å². The van der Waals surface area contributed by atoms with Crippen molar-refractivity contribution in [3.8, 4) is 5.75 Å². The molecule has 0 amide bonds. The maximum absolute atomic E-state index is 5.87. The number of nitrogens with two attached hydrogens (primary N) is 1. The lowest BCUT2D eigenvalue weighted by atomic mass is 10.3. The Hall–Kier alpha value is -0.840. The highest BCUT2D eigenvalue weighted by atomic mass is 79.9. The zero-order valence-electron chi connectivity index (χ0n) is 10.1. The monoisotopic (exact) mass is 357 g/mol. The van der Waals surface area contributed by atoms with Gasteiger partial charge >= 0.3 is 0 Å². The Balaban J connectivity index is 1.79. The van der Waals surface area contributed by atoms with E-state index in [-0.39, 0.29) is 0 Å². The molecular weight excluding hydrogens is 346 g/mol. The summed E-state index contributed by atoms with van der Waals surface area (Å²) in [4.78, 5) is 1.19. The van der Waals surface area contributed by atoms with E-state index in [9.17, 15) is 0 Å². The Morgan fingerprint density at radius 1 is 1.16 bits per heavy atom. The molecule has 0 saturated carbocycles. The number of hydrogen-bond acceptors (Lipinski definition) is 3. The summed E-state index contributed by atoms with van der Waals surface area (Å²) in [5.41, 5.74) is 6.42. The van der Waals surface area contributed by atoms with Crippen molar-refractivity contribution in [1.82, 2.24) is 0 Å². The zero-order valence-corrected chi connectivity index (χ0v) is 13.3. The number of rotatable bonds is 5. The van der Waals surface area contributed by atoms with E-state index in [1.165, 1.54) is 4.90 Å². The van der Waals surface area contributed by atoms with Gasteiger partial charge in [0.25, 0.3) is 0 Å². The Labute approximate surface area is 130 Å². The van der Waals surface area contributed by atoms with E-state index in [1.807, 2.05) is 42.5 Å². The molecule has 100 valence electrons. The van der Waals surface area contributed by atoms with Gasteiger partial charge in [0.1, 0.15) is 5.75 Å². The maximum Gasteiger partial charge on any atom is 0.133 e. The predicted molar refractivity (Wildman–Crippen MR) is 86.2 cm³/mol. The Kier molecular flexibility index (Phi) is 5.43. The van der Waals surface area contributed by atoms with E-state index in [0.29, 0.717) is 11.6 Å². The first-order valence-electron chi connectivity index (χ1n) is 5.71. The van der Waals surface area contributed by atoms with Crippen molar-refractivity contribution < 1.29 is 4.74 Å². The van der Waals surface area contributed by atoms with E-state index in [1.54, 1.807) is 11.8 Å². The van der Waals surface area contributed by atoms with Gasteiger partial charge in [-0.15, -0.1) is 11.8 Å². The van der Waals surface area contributed by atoms with Crippen molar-refractivity contribution >= 4 is 45.0 Å².